The number of rotatable bonds is 5. The van der Waals surface area contributed by atoms with E-state index in [0.717, 1.165) is 6.54 Å². The second kappa shape index (κ2) is 5.09. The summed E-state index contributed by atoms with van der Waals surface area (Å²) in [5.74, 6) is 0.382. The molecule has 66 valence electrons. The van der Waals surface area contributed by atoms with Crippen molar-refractivity contribution in [3.8, 4) is 0 Å². The molecule has 0 heterocycles. The number of hydrogen-bond donors (Lipinski definition) is 2. The van der Waals surface area contributed by atoms with Gasteiger partial charge in [-0.05, 0) is 12.8 Å². The van der Waals surface area contributed by atoms with Gasteiger partial charge in [0, 0.05) is 19.6 Å². The molecule has 0 bridgehead atoms. The van der Waals surface area contributed by atoms with Crippen molar-refractivity contribution in [2.24, 2.45) is 11.7 Å². The number of carbonyl (C=O) groups is 1. The molecule has 4 heteroatoms. The van der Waals surface area contributed by atoms with E-state index in [9.17, 15) is 4.79 Å². The maximum absolute atomic E-state index is 9.98. The van der Waals surface area contributed by atoms with Crippen molar-refractivity contribution in [3.63, 3.8) is 0 Å². The van der Waals surface area contributed by atoms with E-state index in [0.29, 0.717) is 12.3 Å². The number of amides is 1. The van der Waals surface area contributed by atoms with Crippen LogP contribution in [-0.2, 0) is 4.79 Å². The van der Waals surface area contributed by atoms with E-state index in [4.69, 9.17) is 5.73 Å². The summed E-state index contributed by atoms with van der Waals surface area (Å²) in [6, 6.07) is 0.158. The largest absolute Gasteiger partial charge is 0.328 e. The molecule has 11 heavy (non-hydrogen) atoms. The van der Waals surface area contributed by atoms with Crippen LogP contribution in [-0.4, -0.2) is 31.1 Å². The van der Waals surface area contributed by atoms with E-state index >= 15 is 0 Å². The summed E-state index contributed by atoms with van der Waals surface area (Å²) in [5.41, 5.74) is 8.17. The zero-order valence-corrected chi connectivity index (χ0v) is 7.37. The molecule has 1 amide bonds. The van der Waals surface area contributed by atoms with Crippen molar-refractivity contribution < 1.29 is 4.79 Å². The van der Waals surface area contributed by atoms with E-state index < -0.39 is 0 Å². The Labute approximate surface area is 67.7 Å². The lowest BCUT2D eigenvalue weighted by molar-refractivity contribution is -0.113. The van der Waals surface area contributed by atoms with Crippen molar-refractivity contribution in [2.45, 2.75) is 19.9 Å². The summed E-state index contributed by atoms with van der Waals surface area (Å²) in [4.78, 5) is 9.98. The molecule has 0 fully saturated rings. The van der Waals surface area contributed by atoms with Gasteiger partial charge >= 0.3 is 0 Å². The van der Waals surface area contributed by atoms with Crippen LogP contribution in [0.3, 0.4) is 0 Å². The first kappa shape index (κ1) is 10.4. The van der Waals surface area contributed by atoms with Crippen LogP contribution in [0.2, 0.25) is 0 Å². The first-order chi connectivity index (χ1) is 5.07. The zero-order chi connectivity index (χ0) is 8.85. The molecule has 0 aromatic carbocycles. The van der Waals surface area contributed by atoms with Crippen molar-refractivity contribution in [3.05, 3.63) is 0 Å². The third-order valence-electron chi connectivity index (χ3n) is 1.73. The third-order valence-corrected chi connectivity index (χ3v) is 1.73. The topological polar surface area (TPSA) is 58.4 Å². The van der Waals surface area contributed by atoms with Gasteiger partial charge in [-0.1, -0.05) is 6.92 Å². The summed E-state index contributed by atoms with van der Waals surface area (Å²) in [5, 5.41) is 1.72. The Morgan fingerprint density at radius 1 is 1.64 bits per heavy atom. The molecular weight excluding hydrogens is 142 g/mol. The Kier molecular flexibility index (Phi) is 4.81. The van der Waals surface area contributed by atoms with Gasteiger partial charge in [0.25, 0.3) is 0 Å². The summed E-state index contributed by atoms with van der Waals surface area (Å²) in [6.07, 6.45) is 0.661. The molecule has 3 N–H and O–H groups in total. The average molecular weight is 159 g/mol. The van der Waals surface area contributed by atoms with Gasteiger partial charge in [-0.2, -0.15) is 0 Å². The first-order valence-corrected chi connectivity index (χ1v) is 3.74. The number of hydrazine groups is 1. The van der Waals surface area contributed by atoms with Gasteiger partial charge in [0.15, 0.2) is 0 Å². The third kappa shape index (κ3) is 4.75. The van der Waals surface area contributed by atoms with Crippen LogP contribution in [0.25, 0.3) is 0 Å². The van der Waals surface area contributed by atoms with Gasteiger partial charge in [0.2, 0.25) is 6.41 Å². The van der Waals surface area contributed by atoms with Gasteiger partial charge in [-0.3, -0.25) is 10.2 Å². The van der Waals surface area contributed by atoms with Crippen molar-refractivity contribution >= 4 is 6.41 Å². The van der Waals surface area contributed by atoms with Crippen LogP contribution in [0.1, 0.15) is 13.8 Å². The highest BCUT2D eigenvalue weighted by molar-refractivity contribution is 5.44. The second-order valence-electron chi connectivity index (χ2n) is 2.96. The molecular formula is C7H17N3O. The first-order valence-electron chi connectivity index (χ1n) is 3.74. The molecule has 0 spiro atoms. The van der Waals surface area contributed by atoms with Crippen molar-refractivity contribution in [2.75, 3.05) is 13.6 Å². The molecule has 0 radical (unpaired) electrons. The highest BCUT2D eigenvalue weighted by Crippen LogP contribution is 1.99. The van der Waals surface area contributed by atoms with Crippen LogP contribution in [0.5, 0.6) is 0 Å². The number of nitrogens with zero attached hydrogens (tertiary/aromatic N) is 1. The highest BCUT2D eigenvalue weighted by atomic mass is 16.1. The van der Waals surface area contributed by atoms with E-state index in [-0.39, 0.29) is 6.04 Å². The average Bonchev–Trinajstić information content (AvgIpc) is 1.87. The molecule has 0 aliphatic carbocycles. The van der Waals surface area contributed by atoms with Gasteiger partial charge in [-0.25, -0.2) is 5.01 Å². The van der Waals surface area contributed by atoms with Crippen LogP contribution < -0.4 is 11.2 Å². The Morgan fingerprint density at radius 3 is 2.55 bits per heavy atom. The number of nitrogens with two attached hydrogens (primary N) is 1. The maximum atomic E-state index is 9.98. The minimum Gasteiger partial charge on any atom is -0.328 e. The van der Waals surface area contributed by atoms with E-state index in [2.05, 4.69) is 5.43 Å². The van der Waals surface area contributed by atoms with E-state index in [1.165, 1.54) is 0 Å². The van der Waals surface area contributed by atoms with Crippen LogP contribution in [0, 0.1) is 5.92 Å². The molecule has 2 unspecified atom stereocenters. The molecule has 0 saturated heterocycles. The van der Waals surface area contributed by atoms with Gasteiger partial charge in [0.05, 0.1) is 0 Å². The Balaban J connectivity index is 3.56. The standard InChI is InChI=1S/C7H17N3O/c1-6(7(2)8)4-10(3)9-5-11/h5-7H,4,8H2,1-3H3,(H,9,11). The Morgan fingerprint density at radius 2 is 2.18 bits per heavy atom. The lowest BCUT2D eigenvalue weighted by Gasteiger charge is -2.22. The minimum absolute atomic E-state index is 0.158. The summed E-state index contributed by atoms with van der Waals surface area (Å²) in [7, 11) is 1.81. The fourth-order valence-electron chi connectivity index (χ4n) is 0.741. The van der Waals surface area contributed by atoms with Crippen molar-refractivity contribution in [1.29, 1.82) is 0 Å². The second-order valence-corrected chi connectivity index (χ2v) is 2.96. The van der Waals surface area contributed by atoms with Gasteiger partial charge < -0.3 is 5.73 Å². The molecule has 0 aromatic rings. The molecule has 0 rings (SSSR count). The molecule has 0 saturated carbocycles. The lowest BCUT2D eigenvalue weighted by atomic mass is 10.1. The number of carbonyl (C=O) groups excluding carboxylic acids is 1. The molecule has 0 aliphatic heterocycles. The highest BCUT2D eigenvalue weighted by Gasteiger charge is 2.09. The SMILES string of the molecule is CC(N)C(C)CN(C)NC=O. The Bertz CT molecular complexity index is 116. The van der Waals surface area contributed by atoms with Crippen LogP contribution >= 0.6 is 0 Å². The predicted octanol–water partition coefficient (Wildman–Crippen LogP) is -0.437. The number of nitrogens with one attached hydrogen (secondary N) is 1. The summed E-state index contributed by atoms with van der Waals surface area (Å²) < 4.78 is 0. The Hall–Kier alpha value is -0.610. The summed E-state index contributed by atoms with van der Waals surface area (Å²) in [6.45, 7) is 4.78. The monoisotopic (exact) mass is 159 g/mol. The van der Waals surface area contributed by atoms with Crippen molar-refractivity contribution in [1.82, 2.24) is 10.4 Å². The quantitative estimate of drug-likeness (QED) is 0.422. The van der Waals surface area contributed by atoms with Crippen LogP contribution in [0.4, 0.5) is 0 Å². The fourth-order valence-corrected chi connectivity index (χ4v) is 0.741. The summed E-state index contributed by atoms with van der Waals surface area (Å²) >= 11 is 0. The normalized spacial score (nSPS) is 16.1. The predicted molar refractivity (Wildman–Crippen MR) is 44.6 cm³/mol. The molecule has 0 aromatic heterocycles. The van der Waals surface area contributed by atoms with E-state index in [1.54, 1.807) is 5.01 Å². The van der Waals surface area contributed by atoms with Gasteiger partial charge in [0.1, 0.15) is 0 Å². The molecule has 2 atom stereocenters. The van der Waals surface area contributed by atoms with Crippen LogP contribution in [0.15, 0.2) is 0 Å². The number of hydrogen-bond acceptors (Lipinski definition) is 3. The zero-order valence-electron chi connectivity index (χ0n) is 7.37. The minimum atomic E-state index is 0.158. The smallest absolute Gasteiger partial charge is 0.221 e. The molecule has 4 nitrogen and oxygen atoms in total. The van der Waals surface area contributed by atoms with Gasteiger partial charge in [-0.15, -0.1) is 0 Å². The fraction of sp³-hybridized carbons (Fsp3) is 0.857. The lowest BCUT2D eigenvalue weighted by Crippen LogP contribution is -2.40. The molecule has 0 aliphatic rings. The maximum Gasteiger partial charge on any atom is 0.221 e. The van der Waals surface area contributed by atoms with E-state index in [1.807, 2.05) is 20.9 Å².